The molecular weight excluding hydrogens is 272 g/mol. The highest BCUT2D eigenvalue weighted by molar-refractivity contribution is 6.27. The Labute approximate surface area is 126 Å². The van der Waals surface area contributed by atoms with Crippen LogP contribution in [-0.2, 0) is 4.79 Å². The quantitative estimate of drug-likeness (QED) is 0.790. The number of hydrogen-bond donors (Lipinski definition) is 1. The van der Waals surface area contributed by atoms with E-state index in [2.05, 4.69) is 37.0 Å². The topological polar surface area (TPSA) is 33.5 Å². The number of nitrogens with one attached hydrogen (secondary N) is 1. The predicted octanol–water partition coefficient (Wildman–Crippen LogP) is 3.79. The molecule has 0 heterocycles. The molecule has 1 N–H and O–H groups in total. The average Bonchev–Trinajstić information content (AvgIpc) is 3.15. The van der Waals surface area contributed by atoms with E-state index in [0.717, 1.165) is 36.6 Å². The molecule has 1 amide bonds. The molecule has 2 aliphatic carbocycles. The molecule has 0 aliphatic heterocycles. The molecule has 110 valence electrons. The van der Waals surface area contributed by atoms with Crippen molar-refractivity contribution in [2.24, 2.45) is 17.3 Å². The molecule has 0 spiro atoms. The van der Waals surface area contributed by atoms with E-state index < -0.39 is 0 Å². The lowest BCUT2D eigenvalue weighted by molar-refractivity contribution is -0.118. The van der Waals surface area contributed by atoms with Crippen molar-refractivity contribution in [3.8, 4) is 6.07 Å². The highest BCUT2D eigenvalue weighted by Crippen LogP contribution is 2.41. The van der Waals surface area contributed by atoms with Crippen LogP contribution in [-0.4, -0.2) is 18.3 Å². The van der Waals surface area contributed by atoms with E-state index in [9.17, 15) is 4.79 Å². The number of rotatable bonds is 3. The molecule has 4 heteroatoms. The first-order valence-corrected chi connectivity index (χ1v) is 7.96. The molecule has 0 radical (unpaired) electrons. The van der Waals surface area contributed by atoms with Crippen LogP contribution in [0.25, 0.3) is 4.85 Å². The van der Waals surface area contributed by atoms with Crippen molar-refractivity contribution < 1.29 is 4.79 Å². The number of amides is 1. The van der Waals surface area contributed by atoms with Gasteiger partial charge in [-0.05, 0) is 37.0 Å². The number of nitrogens with zero attached hydrogens (tertiary/aromatic N) is 1. The summed E-state index contributed by atoms with van der Waals surface area (Å²) >= 11 is 5.60. The molecular formula is C16H24ClN2O+. The predicted molar refractivity (Wildman–Crippen MR) is 82.9 cm³/mol. The van der Waals surface area contributed by atoms with Gasteiger partial charge in [-0.3, -0.25) is 4.79 Å². The van der Waals surface area contributed by atoms with Gasteiger partial charge in [-0.2, -0.15) is 0 Å². The van der Waals surface area contributed by atoms with Crippen LogP contribution in [0.3, 0.4) is 0 Å². The molecule has 0 aromatic rings. The van der Waals surface area contributed by atoms with Crippen LogP contribution in [0.1, 0.15) is 46.5 Å². The molecule has 3 nitrogen and oxygen atoms in total. The van der Waals surface area contributed by atoms with Crippen LogP contribution in [0, 0.1) is 23.3 Å². The number of carbonyl (C=O) groups excluding carboxylic acids is 1. The normalized spacial score (nSPS) is 24.9. The fourth-order valence-electron chi connectivity index (χ4n) is 2.93. The average molecular weight is 296 g/mol. The fraction of sp³-hybridized carbons (Fsp3) is 0.750. The van der Waals surface area contributed by atoms with E-state index in [-0.39, 0.29) is 17.2 Å². The van der Waals surface area contributed by atoms with Crippen molar-refractivity contribution in [1.29, 1.82) is 0 Å². The molecule has 2 aliphatic rings. The van der Waals surface area contributed by atoms with Gasteiger partial charge in [-0.15, -0.1) is 11.6 Å². The molecule has 1 atom stereocenters. The molecule has 0 bridgehead atoms. The van der Waals surface area contributed by atoms with Gasteiger partial charge in [0.2, 0.25) is 5.91 Å². The second kappa shape index (κ2) is 6.18. The maximum Gasteiger partial charge on any atom is 0.308 e. The molecule has 0 aromatic heterocycles. The minimum Gasteiger partial charge on any atom is -0.328 e. The van der Waals surface area contributed by atoms with Crippen LogP contribution in [0.15, 0.2) is 11.3 Å². The first-order valence-electron chi connectivity index (χ1n) is 7.42. The lowest BCUT2D eigenvalue weighted by Gasteiger charge is -2.34. The second-order valence-corrected chi connectivity index (χ2v) is 7.18. The second-order valence-electron chi connectivity index (χ2n) is 6.92. The first-order chi connectivity index (χ1) is 9.41. The monoisotopic (exact) mass is 295 g/mol. The Morgan fingerprint density at radius 3 is 2.80 bits per heavy atom. The van der Waals surface area contributed by atoms with E-state index >= 15 is 0 Å². The smallest absolute Gasteiger partial charge is 0.308 e. The maximum atomic E-state index is 11.6. The number of carbonyl (C=O) groups is 1. The van der Waals surface area contributed by atoms with Gasteiger partial charge in [0.1, 0.15) is 11.5 Å². The van der Waals surface area contributed by atoms with Crippen molar-refractivity contribution in [1.82, 2.24) is 5.32 Å². The first kappa shape index (κ1) is 15.4. The van der Waals surface area contributed by atoms with Gasteiger partial charge >= 0.3 is 6.07 Å². The Bertz CT molecular complexity index is 480. The Balaban J connectivity index is 2.20. The highest BCUT2D eigenvalue weighted by Gasteiger charge is 2.34. The van der Waals surface area contributed by atoms with Gasteiger partial charge in [0.05, 0.1) is 0 Å². The molecule has 0 saturated heterocycles. The van der Waals surface area contributed by atoms with Gasteiger partial charge in [-0.1, -0.05) is 25.6 Å². The minimum absolute atomic E-state index is 0.00912. The van der Waals surface area contributed by atoms with E-state index in [4.69, 9.17) is 11.6 Å². The summed E-state index contributed by atoms with van der Waals surface area (Å²) in [5, 5.41) is 2.94. The fourth-order valence-corrected chi connectivity index (χ4v) is 2.99. The number of hydrogen-bond acceptors (Lipinski definition) is 1. The van der Waals surface area contributed by atoms with Crippen molar-refractivity contribution in [2.45, 2.75) is 46.5 Å². The van der Waals surface area contributed by atoms with Crippen LogP contribution in [0.2, 0.25) is 0 Å². The molecule has 2 rings (SSSR count). The molecule has 20 heavy (non-hydrogen) atoms. The zero-order chi connectivity index (χ0) is 14.8. The minimum atomic E-state index is -0.145. The standard InChI is InChI=1S/C16H23ClN2O/c1-11-6-16(2,3)7-14(19-15(20)8-17)13(11)10-18-9-12-4-5-12/h11-12H,4-9H2,1-3H3/p+1. The summed E-state index contributed by atoms with van der Waals surface area (Å²) in [7, 11) is 0. The van der Waals surface area contributed by atoms with Crippen LogP contribution < -0.4 is 5.32 Å². The van der Waals surface area contributed by atoms with Gasteiger partial charge in [0.25, 0.3) is 6.54 Å². The Morgan fingerprint density at radius 1 is 1.50 bits per heavy atom. The summed E-state index contributed by atoms with van der Waals surface area (Å²) in [6, 6.07) is 3.21. The van der Waals surface area contributed by atoms with E-state index in [1.807, 2.05) is 0 Å². The summed E-state index contributed by atoms with van der Waals surface area (Å²) < 4.78 is 0. The molecule has 1 fully saturated rings. The van der Waals surface area contributed by atoms with Gasteiger partial charge < -0.3 is 5.32 Å². The number of alkyl halides is 1. The molecule has 1 unspecified atom stereocenters. The van der Waals surface area contributed by atoms with Crippen molar-refractivity contribution in [3.05, 3.63) is 16.1 Å². The summed E-state index contributed by atoms with van der Waals surface area (Å²) in [5.41, 5.74) is 2.21. The number of halogens is 1. The zero-order valence-electron chi connectivity index (χ0n) is 12.6. The Kier molecular flexibility index (Phi) is 4.75. The summed E-state index contributed by atoms with van der Waals surface area (Å²) in [4.78, 5) is 16.0. The van der Waals surface area contributed by atoms with Crippen molar-refractivity contribution in [2.75, 3.05) is 12.4 Å². The number of allylic oxidation sites excluding steroid dienone is 2. The highest BCUT2D eigenvalue weighted by atomic mass is 35.5. The maximum absolute atomic E-state index is 11.6. The van der Waals surface area contributed by atoms with Gasteiger partial charge in [0.15, 0.2) is 0 Å². The third kappa shape index (κ3) is 4.24. The third-order valence-corrected chi connectivity index (χ3v) is 4.23. The lowest BCUT2D eigenvalue weighted by Crippen LogP contribution is -2.33. The Hall–Kier alpha value is -1.01. The SMILES string of the molecule is CC1CC(C)(C)CC(NC(=O)CCl)=C1C#[N+]CC1CC1. The van der Waals surface area contributed by atoms with Crippen molar-refractivity contribution in [3.63, 3.8) is 0 Å². The van der Waals surface area contributed by atoms with Crippen LogP contribution in [0.4, 0.5) is 0 Å². The summed E-state index contributed by atoms with van der Waals surface area (Å²) in [6.07, 6.45) is 4.53. The van der Waals surface area contributed by atoms with Gasteiger partial charge in [-0.25, -0.2) is 0 Å². The van der Waals surface area contributed by atoms with E-state index in [1.54, 1.807) is 0 Å². The molecule has 0 aromatic carbocycles. The third-order valence-electron chi connectivity index (χ3n) is 3.99. The Morgan fingerprint density at radius 2 is 2.20 bits per heavy atom. The largest absolute Gasteiger partial charge is 0.328 e. The summed E-state index contributed by atoms with van der Waals surface area (Å²) in [5.74, 6) is 0.977. The van der Waals surface area contributed by atoms with E-state index in [1.165, 1.54) is 12.8 Å². The molecule has 1 saturated carbocycles. The zero-order valence-corrected chi connectivity index (χ0v) is 13.4. The van der Waals surface area contributed by atoms with Crippen molar-refractivity contribution >= 4 is 17.5 Å². The van der Waals surface area contributed by atoms with Crippen LogP contribution in [0.5, 0.6) is 0 Å². The summed E-state index contributed by atoms with van der Waals surface area (Å²) in [6.45, 7) is 7.52. The van der Waals surface area contributed by atoms with E-state index in [0.29, 0.717) is 5.92 Å². The van der Waals surface area contributed by atoms with Gasteiger partial charge in [0, 0.05) is 11.6 Å². The lowest BCUT2D eigenvalue weighted by atomic mass is 9.72. The van der Waals surface area contributed by atoms with Crippen LogP contribution >= 0.6 is 11.6 Å².